The number of nitrogens with zero attached hydrogens (tertiary/aromatic N) is 3. The topological polar surface area (TPSA) is 119 Å². The molecule has 0 spiro atoms. The lowest BCUT2D eigenvalue weighted by Gasteiger charge is -2.07. The van der Waals surface area contributed by atoms with E-state index in [1.807, 2.05) is 24.3 Å². The Hall–Kier alpha value is -3.16. The number of benzene rings is 1. The quantitative estimate of drug-likeness (QED) is 0.578. The van der Waals surface area contributed by atoms with Crippen LogP contribution in [0.25, 0.3) is 11.2 Å². The van der Waals surface area contributed by atoms with Gasteiger partial charge >= 0.3 is 0 Å². The van der Waals surface area contributed by atoms with Gasteiger partial charge in [-0.2, -0.15) is 9.97 Å². The van der Waals surface area contributed by atoms with Crippen molar-refractivity contribution in [1.29, 1.82) is 0 Å². The van der Waals surface area contributed by atoms with Crippen molar-refractivity contribution in [2.75, 3.05) is 5.73 Å². The molecule has 0 aliphatic carbocycles. The predicted molar refractivity (Wildman–Crippen MR) is 79.8 cm³/mol. The van der Waals surface area contributed by atoms with Gasteiger partial charge in [0, 0.05) is 6.54 Å². The molecule has 0 fully saturated rings. The summed E-state index contributed by atoms with van der Waals surface area (Å²) in [6.45, 7) is 0.841. The molecule has 8 heteroatoms. The van der Waals surface area contributed by atoms with E-state index in [0.717, 1.165) is 11.1 Å². The van der Waals surface area contributed by atoms with E-state index in [9.17, 15) is 4.79 Å². The maximum atomic E-state index is 10.3. The molecule has 0 aliphatic rings. The maximum Gasteiger partial charge on any atom is 0.245 e. The SMILES string of the molecule is Nc1nc(OCc2ccc(CNC=O)cc2)c2[nH]cnc2n1. The zero-order valence-corrected chi connectivity index (χ0v) is 11.6. The van der Waals surface area contributed by atoms with Crippen molar-refractivity contribution in [3.8, 4) is 5.88 Å². The molecule has 0 unspecified atom stereocenters. The number of rotatable bonds is 6. The number of carbonyl (C=O) groups is 1. The first-order chi connectivity index (χ1) is 10.8. The maximum absolute atomic E-state index is 10.3. The number of ether oxygens (including phenoxy) is 1. The first-order valence-corrected chi connectivity index (χ1v) is 6.60. The van der Waals surface area contributed by atoms with E-state index in [1.54, 1.807) is 0 Å². The van der Waals surface area contributed by atoms with Crippen LogP contribution in [0.4, 0.5) is 5.95 Å². The summed E-state index contributed by atoms with van der Waals surface area (Å²) < 4.78 is 5.69. The Morgan fingerprint density at radius 1 is 1.23 bits per heavy atom. The van der Waals surface area contributed by atoms with Crippen LogP contribution in [0.15, 0.2) is 30.6 Å². The second-order valence-electron chi connectivity index (χ2n) is 4.59. The van der Waals surface area contributed by atoms with Crippen LogP contribution in [-0.2, 0) is 17.9 Å². The van der Waals surface area contributed by atoms with E-state index in [1.165, 1.54) is 6.33 Å². The fourth-order valence-corrected chi connectivity index (χ4v) is 1.99. The summed E-state index contributed by atoms with van der Waals surface area (Å²) in [6, 6.07) is 7.71. The van der Waals surface area contributed by atoms with E-state index in [2.05, 4.69) is 25.3 Å². The summed E-state index contributed by atoms with van der Waals surface area (Å²) in [5, 5.41) is 2.61. The molecular formula is C14H14N6O2. The number of nitrogen functional groups attached to an aromatic ring is 1. The van der Waals surface area contributed by atoms with Crippen molar-refractivity contribution in [2.45, 2.75) is 13.2 Å². The number of aromatic amines is 1. The van der Waals surface area contributed by atoms with Gasteiger partial charge in [0.15, 0.2) is 5.65 Å². The highest BCUT2D eigenvalue weighted by Gasteiger charge is 2.09. The second-order valence-corrected chi connectivity index (χ2v) is 4.59. The lowest BCUT2D eigenvalue weighted by Crippen LogP contribution is -2.09. The molecule has 0 atom stereocenters. The molecule has 1 amide bonds. The number of fused-ring (bicyclic) bond motifs is 1. The molecule has 0 saturated carbocycles. The molecule has 2 aromatic heterocycles. The van der Waals surface area contributed by atoms with Crippen LogP contribution in [0, 0.1) is 0 Å². The minimum atomic E-state index is 0.116. The Bertz CT molecular complexity index is 784. The number of carbonyl (C=O) groups excluding carboxylic acids is 1. The average Bonchev–Trinajstić information content (AvgIpc) is 3.00. The average molecular weight is 298 g/mol. The Labute approximate surface area is 125 Å². The van der Waals surface area contributed by atoms with E-state index in [0.29, 0.717) is 36.6 Å². The van der Waals surface area contributed by atoms with Crippen LogP contribution in [0.3, 0.4) is 0 Å². The van der Waals surface area contributed by atoms with Gasteiger partial charge in [-0.15, -0.1) is 0 Å². The van der Waals surface area contributed by atoms with Crippen LogP contribution in [0.1, 0.15) is 11.1 Å². The zero-order valence-electron chi connectivity index (χ0n) is 11.6. The van der Waals surface area contributed by atoms with Crippen molar-refractivity contribution in [3.05, 3.63) is 41.7 Å². The minimum absolute atomic E-state index is 0.116. The van der Waals surface area contributed by atoms with E-state index < -0.39 is 0 Å². The van der Waals surface area contributed by atoms with Crippen molar-refractivity contribution in [1.82, 2.24) is 25.3 Å². The number of amides is 1. The number of hydrogen-bond donors (Lipinski definition) is 3. The van der Waals surface area contributed by atoms with Crippen LogP contribution in [-0.4, -0.2) is 26.3 Å². The van der Waals surface area contributed by atoms with Gasteiger partial charge in [-0.25, -0.2) is 4.98 Å². The third kappa shape index (κ3) is 2.95. The van der Waals surface area contributed by atoms with Crippen LogP contribution >= 0.6 is 0 Å². The van der Waals surface area contributed by atoms with Crippen molar-refractivity contribution in [2.24, 2.45) is 0 Å². The Morgan fingerprint density at radius 2 is 2.00 bits per heavy atom. The van der Waals surface area contributed by atoms with E-state index in [4.69, 9.17) is 10.5 Å². The number of aromatic nitrogens is 4. The smallest absolute Gasteiger partial charge is 0.245 e. The zero-order chi connectivity index (χ0) is 15.4. The summed E-state index contributed by atoms with van der Waals surface area (Å²) in [7, 11) is 0. The molecule has 8 nitrogen and oxygen atoms in total. The highest BCUT2D eigenvalue weighted by atomic mass is 16.5. The van der Waals surface area contributed by atoms with Gasteiger partial charge in [-0.3, -0.25) is 4.79 Å². The fraction of sp³-hybridized carbons (Fsp3) is 0.143. The first-order valence-electron chi connectivity index (χ1n) is 6.60. The highest BCUT2D eigenvalue weighted by Crippen LogP contribution is 2.20. The van der Waals surface area contributed by atoms with Crippen LogP contribution in [0.5, 0.6) is 5.88 Å². The Kier molecular flexibility index (Phi) is 3.82. The van der Waals surface area contributed by atoms with Crippen LogP contribution < -0.4 is 15.8 Å². The normalized spacial score (nSPS) is 10.5. The standard InChI is InChI=1S/C14H14N6O2/c15-14-19-12-11(17-7-18-12)13(20-14)22-6-10-3-1-9(2-4-10)5-16-8-21/h1-4,7-8H,5-6H2,(H,16,21)(H3,15,17,18,19,20). The highest BCUT2D eigenvalue weighted by molar-refractivity contribution is 5.76. The molecule has 22 heavy (non-hydrogen) atoms. The first kappa shape index (κ1) is 13.8. The summed E-state index contributed by atoms with van der Waals surface area (Å²) in [4.78, 5) is 25.3. The summed E-state index contributed by atoms with van der Waals surface area (Å²) >= 11 is 0. The fourth-order valence-electron chi connectivity index (χ4n) is 1.99. The molecular weight excluding hydrogens is 284 g/mol. The number of nitrogens with two attached hydrogens (primary N) is 1. The Morgan fingerprint density at radius 3 is 2.77 bits per heavy atom. The number of imidazole rings is 1. The van der Waals surface area contributed by atoms with Crippen LogP contribution in [0.2, 0.25) is 0 Å². The molecule has 2 heterocycles. The summed E-state index contributed by atoms with van der Waals surface area (Å²) in [6.07, 6.45) is 2.19. The Balaban J connectivity index is 1.71. The molecule has 0 aliphatic heterocycles. The largest absolute Gasteiger partial charge is 0.471 e. The number of hydrogen-bond acceptors (Lipinski definition) is 6. The van der Waals surface area contributed by atoms with Gasteiger partial charge in [0.1, 0.15) is 12.1 Å². The molecule has 112 valence electrons. The lowest BCUT2D eigenvalue weighted by atomic mass is 10.1. The third-order valence-electron chi connectivity index (χ3n) is 3.06. The summed E-state index contributed by atoms with van der Waals surface area (Å²) in [5.74, 6) is 0.483. The van der Waals surface area contributed by atoms with Gasteiger partial charge in [0.2, 0.25) is 18.2 Å². The van der Waals surface area contributed by atoms with E-state index >= 15 is 0 Å². The molecule has 1 aromatic carbocycles. The van der Waals surface area contributed by atoms with Gasteiger partial charge in [0.05, 0.1) is 6.33 Å². The van der Waals surface area contributed by atoms with Crippen molar-refractivity contribution >= 4 is 23.5 Å². The molecule has 3 rings (SSSR count). The predicted octanol–water partition coefficient (Wildman–Crippen LogP) is 0.760. The number of nitrogens with one attached hydrogen (secondary N) is 2. The monoisotopic (exact) mass is 298 g/mol. The molecule has 3 aromatic rings. The van der Waals surface area contributed by atoms with Crippen molar-refractivity contribution < 1.29 is 9.53 Å². The van der Waals surface area contributed by atoms with Gasteiger partial charge < -0.3 is 20.8 Å². The van der Waals surface area contributed by atoms with Gasteiger partial charge in [-0.05, 0) is 11.1 Å². The van der Waals surface area contributed by atoms with Crippen molar-refractivity contribution in [3.63, 3.8) is 0 Å². The van der Waals surface area contributed by atoms with Gasteiger partial charge in [-0.1, -0.05) is 24.3 Å². The summed E-state index contributed by atoms with van der Waals surface area (Å²) in [5.41, 5.74) is 8.69. The molecule has 0 saturated heterocycles. The minimum Gasteiger partial charge on any atom is -0.471 e. The van der Waals surface area contributed by atoms with Gasteiger partial charge in [0.25, 0.3) is 0 Å². The molecule has 0 bridgehead atoms. The molecule has 0 radical (unpaired) electrons. The molecule has 4 N–H and O–H groups in total. The lowest BCUT2D eigenvalue weighted by molar-refractivity contribution is -0.109. The second kappa shape index (κ2) is 6.08. The number of anilines is 1. The van der Waals surface area contributed by atoms with E-state index in [-0.39, 0.29) is 5.95 Å². The third-order valence-corrected chi connectivity index (χ3v) is 3.06. The number of H-pyrrole nitrogens is 1.